The van der Waals surface area contributed by atoms with Gasteiger partial charge in [-0.2, -0.15) is 5.10 Å². The average Bonchev–Trinajstić information content (AvgIpc) is 3.29. The van der Waals surface area contributed by atoms with E-state index in [2.05, 4.69) is 27.2 Å². The van der Waals surface area contributed by atoms with E-state index in [-0.39, 0.29) is 11.5 Å². The Kier molecular flexibility index (Phi) is 4.81. The molecule has 2 fully saturated rings. The van der Waals surface area contributed by atoms with Crippen LogP contribution in [0.2, 0.25) is 0 Å². The van der Waals surface area contributed by atoms with Crippen LogP contribution in [0, 0.1) is 12.8 Å². The van der Waals surface area contributed by atoms with Gasteiger partial charge in [0.2, 0.25) is 0 Å². The number of nitrogens with one attached hydrogen (secondary N) is 1. The van der Waals surface area contributed by atoms with E-state index in [0.717, 1.165) is 44.8 Å². The lowest BCUT2D eigenvalue weighted by molar-refractivity contribution is -0.136. The highest BCUT2D eigenvalue weighted by Gasteiger charge is 2.52. The van der Waals surface area contributed by atoms with Crippen molar-refractivity contribution in [1.29, 1.82) is 0 Å². The monoisotopic (exact) mass is 375 g/mol. The minimum atomic E-state index is -0.0612. The molecule has 2 aliphatic rings. The van der Waals surface area contributed by atoms with E-state index in [0.29, 0.717) is 18.2 Å². The van der Waals surface area contributed by atoms with Crippen molar-refractivity contribution < 1.29 is 9.53 Å². The van der Waals surface area contributed by atoms with Crippen LogP contribution in [0.25, 0.3) is 0 Å². The summed E-state index contributed by atoms with van der Waals surface area (Å²) >= 11 is 1.73. The summed E-state index contributed by atoms with van der Waals surface area (Å²) in [5, 5.41) is 7.06. The van der Waals surface area contributed by atoms with Gasteiger partial charge in [0.15, 0.2) is 0 Å². The molecule has 1 N–H and O–H groups in total. The number of hydrogen-bond donors (Lipinski definition) is 1. The molecular weight excluding hydrogens is 350 g/mol. The van der Waals surface area contributed by atoms with Gasteiger partial charge in [0.25, 0.3) is 5.91 Å². The molecule has 0 aliphatic carbocycles. The van der Waals surface area contributed by atoms with Gasteiger partial charge in [-0.3, -0.25) is 14.4 Å². The predicted octanol–water partition coefficient (Wildman–Crippen LogP) is 1.60. The lowest BCUT2D eigenvalue weighted by Gasteiger charge is -2.50. The maximum Gasteiger partial charge on any atom is 0.269 e. The highest BCUT2D eigenvalue weighted by Crippen LogP contribution is 2.42. The Morgan fingerprint density at radius 2 is 2.35 bits per heavy atom. The van der Waals surface area contributed by atoms with Crippen LogP contribution in [-0.2, 0) is 18.3 Å². The molecule has 4 heterocycles. The fraction of sp³-hybridized carbons (Fsp3) is 0.611. The molecule has 2 aliphatic heterocycles. The maximum atomic E-state index is 12.2. The maximum absolute atomic E-state index is 12.2. The number of aromatic nitrogens is 3. The summed E-state index contributed by atoms with van der Waals surface area (Å²) in [6.45, 7) is 6.49. The molecule has 2 aromatic heterocycles. The first-order valence-corrected chi connectivity index (χ1v) is 9.97. The van der Waals surface area contributed by atoms with Crippen molar-refractivity contribution in [2.24, 2.45) is 13.0 Å². The van der Waals surface area contributed by atoms with Gasteiger partial charge in [0.1, 0.15) is 5.69 Å². The lowest BCUT2D eigenvalue weighted by Crippen LogP contribution is -2.64. The summed E-state index contributed by atoms with van der Waals surface area (Å²) in [4.78, 5) is 20.3. The van der Waals surface area contributed by atoms with Gasteiger partial charge in [-0.05, 0) is 31.7 Å². The molecule has 0 bridgehead atoms. The SMILES string of the molecule is Cc1ncsc1CN1CC2(C1)OCC[C@@H]2CCNC(=O)c1ccnn1C. The first-order chi connectivity index (χ1) is 12.6. The Balaban J connectivity index is 1.26. The summed E-state index contributed by atoms with van der Waals surface area (Å²) in [6.07, 6.45) is 3.68. The number of carbonyl (C=O) groups excluding carboxylic acids is 1. The number of likely N-dealkylation sites (tertiary alicyclic amines) is 1. The third-order valence-corrected chi connectivity index (χ3v) is 6.55. The Morgan fingerprint density at radius 3 is 3.04 bits per heavy atom. The Hall–Kier alpha value is -1.77. The molecule has 7 nitrogen and oxygen atoms in total. The van der Waals surface area contributed by atoms with Crippen molar-refractivity contribution in [3.63, 3.8) is 0 Å². The zero-order valence-electron chi connectivity index (χ0n) is 15.3. The van der Waals surface area contributed by atoms with Crippen molar-refractivity contribution in [3.8, 4) is 0 Å². The predicted molar refractivity (Wildman–Crippen MR) is 99.1 cm³/mol. The topological polar surface area (TPSA) is 72.3 Å². The zero-order chi connectivity index (χ0) is 18.1. The van der Waals surface area contributed by atoms with E-state index < -0.39 is 0 Å². The second kappa shape index (κ2) is 7.09. The van der Waals surface area contributed by atoms with E-state index in [1.165, 1.54) is 4.88 Å². The van der Waals surface area contributed by atoms with E-state index in [1.807, 2.05) is 5.51 Å². The summed E-state index contributed by atoms with van der Waals surface area (Å²) in [5.41, 5.74) is 3.63. The summed E-state index contributed by atoms with van der Waals surface area (Å²) < 4.78 is 7.73. The molecule has 140 valence electrons. The summed E-state index contributed by atoms with van der Waals surface area (Å²) in [5.74, 6) is 0.446. The van der Waals surface area contributed by atoms with Crippen LogP contribution in [0.3, 0.4) is 0 Å². The van der Waals surface area contributed by atoms with Crippen LogP contribution in [0.5, 0.6) is 0 Å². The Labute approximate surface area is 157 Å². The van der Waals surface area contributed by atoms with E-state index in [4.69, 9.17) is 4.74 Å². The minimum absolute atomic E-state index is 0.0180. The molecular formula is C18H25N5O2S. The molecule has 0 aromatic carbocycles. The van der Waals surface area contributed by atoms with Crippen LogP contribution in [0.4, 0.5) is 0 Å². The molecule has 26 heavy (non-hydrogen) atoms. The van der Waals surface area contributed by atoms with Gasteiger partial charge in [-0.1, -0.05) is 0 Å². The molecule has 4 rings (SSSR count). The van der Waals surface area contributed by atoms with Crippen LogP contribution in [0.15, 0.2) is 17.8 Å². The smallest absolute Gasteiger partial charge is 0.269 e. The van der Waals surface area contributed by atoms with Gasteiger partial charge in [-0.15, -0.1) is 11.3 Å². The first-order valence-electron chi connectivity index (χ1n) is 9.09. The van der Waals surface area contributed by atoms with Crippen LogP contribution >= 0.6 is 11.3 Å². The lowest BCUT2D eigenvalue weighted by atomic mass is 9.79. The van der Waals surface area contributed by atoms with E-state index in [1.54, 1.807) is 35.3 Å². The van der Waals surface area contributed by atoms with Crippen LogP contribution in [0.1, 0.15) is 33.9 Å². The molecule has 8 heteroatoms. The standard InChI is InChI=1S/C18H25N5O2S/c1-13-16(26-12-20-13)9-23-10-18(11-23)14(5-8-25-18)3-6-19-17(24)15-4-7-21-22(15)2/h4,7,12,14H,3,5-6,8-11H2,1-2H3,(H,19,24)/t14-/m0/s1. The quantitative estimate of drug-likeness (QED) is 0.830. The fourth-order valence-corrected chi connectivity index (χ4v) is 4.91. The number of hydrogen-bond acceptors (Lipinski definition) is 6. The number of carbonyl (C=O) groups is 1. The second-order valence-corrected chi connectivity index (χ2v) is 8.23. The zero-order valence-corrected chi connectivity index (χ0v) is 16.1. The van der Waals surface area contributed by atoms with Gasteiger partial charge in [-0.25, -0.2) is 4.98 Å². The van der Waals surface area contributed by atoms with Crippen molar-refractivity contribution >= 4 is 17.2 Å². The van der Waals surface area contributed by atoms with Gasteiger partial charge >= 0.3 is 0 Å². The van der Waals surface area contributed by atoms with Crippen molar-refractivity contribution in [3.05, 3.63) is 34.0 Å². The van der Waals surface area contributed by atoms with Crippen molar-refractivity contribution in [2.75, 3.05) is 26.2 Å². The number of nitrogens with zero attached hydrogens (tertiary/aromatic N) is 4. The highest BCUT2D eigenvalue weighted by molar-refractivity contribution is 7.09. The molecule has 2 aromatic rings. The number of amides is 1. The van der Waals surface area contributed by atoms with Gasteiger partial charge < -0.3 is 10.1 Å². The summed E-state index contributed by atoms with van der Waals surface area (Å²) in [7, 11) is 1.78. The third-order valence-electron chi connectivity index (χ3n) is 5.63. The van der Waals surface area contributed by atoms with Crippen molar-refractivity contribution in [2.45, 2.75) is 31.9 Å². The highest BCUT2D eigenvalue weighted by atomic mass is 32.1. The van der Waals surface area contributed by atoms with Crippen LogP contribution in [-0.4, -0.2) is 57.4 Å². The Morgan fingerprint density at radius 1 is 1.50 bits per heavy atom. The third kappa shape index (κ3) is 3.28. The number of thiazole rings is 1. The second-order valence-electron chi connectivity index (χ2n) is 7.29. The minimum Gasteiger partial charge on any atom is -0.372 e. The number of rotatable bonds is 6. The van der Waals surface area contributed by atoms with E-state index >= 15 is 0 Å². The molecule has 1 amide bonds. The Bertz CT molecular complexity index is 780. The van der Waals surface area contributed by atoms with Gasteiger partial charge in [0.05, 0.1) is 16.8 Å². The molecule has 0 radical (unpaired) electrons. The average molecular weight is 375 g/mol. The molecule has 1 spiro atoms. The van der Waals surface area contributed by atoms with Crippen molar-refractivity contribution in [1.82, 2.24) is 25.0 Å². The van der Waals surface area contributed by atoms with E-state index in [9.17, 15) is 4.79 Å². The molecule has 1 atom stereocenters. The number of aryl methyl sites for hydroxylation is 2. The fourth-order valence-electron chi connectivity index (χ4n) is 4.09. The first kappa shape index (κ1) is 17.6. The molecule has 0 saturated carbocycles. The summed E-state index contributed by atoms with van der Waals surface area (Å²) in [6, 6.07) is 1.74. The molecule has 2 saturated heterocycles. The molecule has 0 unspecified atom stereocenters. The number of ether oxygens (including phenoxy) is 1. The largest absolute Gasteiger partial charge is 0.372 e. The van der Waals surface area contributed by atoms with Gasteiger partial charge in [0, 0.05) is 50.9 Å². The van der Waals surface area contributed by atoms with Crippen LogP contribution < -0.4 is 5.32 Å². The normalized spacial score (nSPS) is 21.8.